The lowest BCUT2D eigenvalue weighted by atomic mass is 9.99. The highest BCUT2D eigenvalue weighted by molar-refractivity contribution is 7.99. The van der Waals surface area contributed by atoms with Crippen LogP contribution in [0, 0.1) is 0 Å². The smallest absolute Gasteiger partial charge is 0.0406 e. The van der Waals surface area contributed by atoms with Crippen LogP contribution in [0.15, 0.2) is 53.4 Å². The fraction of sp³-hybridized carbons (Fsp3) is 0.333. The number of rotatable bonds is 4. The first-order valence-electron chi connectivity index (χ1n) is 7.32. The summed E-state index contributed by atoms with van der Waals surface area (Å²) in [6.07, 6.45) is 0. The van der Waals surface area contributed by atoms with Gasteiger partial charge in [-0.2, -0.15) is 0 Å². The summed E-state index contributed by atoms with van der Waals surface area (Å²) in [4.78, 5) is 3.89. The van der Waals surface area contributed by atoms with Gasteiger partial charge < -0.3 is 0 Å². The van der Waals surface area contributed by atoms with Gasteiger partial charge in [0.25, 0.3) is 0 Å². The molecule has 2 aromatic rings. The van der Waals surface area contributed by atoms with E-state index in [1.165, 1.54) is 21.8 Å². The van der Waals surface area contributed by atoms with Gasteiger partial charge in [0.15, 0.2) is 0 Å². The SMILES string of the molecule is CC(c1ccc(Cl)cc1)N(C)CC1CSc2ccccc21. The highest BCUT2D eigenvalue weighted by atomic mass is 35.5. The molecule has 1 aliphatic heterocycles. The number of hydrogen-bond acceptors (Lipinski definition) is 2. The summed E-state index contributed by atoms with van der Waals surface area (Å²) in [5, 5.41) is 0.801. The molecule has 1 aliphatic rings. The van der Waals surface area contributed by atoms with Gasteiger partial charge in [0.2, 0.25) is 0 Å². The van der Waals surface area contributed by atoms with E-state index in [0.29, 0.717) is 12.0 Å². The summed E-state index contributed by atoms with van der Waals surface area (Å²) in [5.41, 5.74) is 2.83. The van der Waals surface area contributed by atoms with Crippen molar-refractivity contribution in [3.8, 4) is 0 Å². The second-order valence-electron chi connectivity index (χ2n) is 5.71. The van der Waals surface area contributed by atoms with Crippen molar-refractivity contribution in [2.45, 2.75) is 23.8 Å². The molecular formula is C18H20ClNS. The van der Waals surface area contributed by atoms with Gasteiger partial charge in [-0.15, -0.1) is 11.8 Å². The average Bonchev–Trinajstić information content (AvgIpc) is 2.91. The lowest BCUT2D eigenvalue weighted by Crippen LogP contribution is -2.27. The fourth-order valence-electron chi connectivity index (χ4n) is 2.88. The molecule has 0 spiro atoms. The molecule has 0 radical (unpaired) electrons. The van der Waals surface area contributed by atoms with Crippen molar-refractivity contribution in [1.82, 2.24) is 4.90 Å². The van der Waals surface area contributed by atoms with Crippen LogP contribution in [-0.2, 0) is 0 Å². The number of nitrogens with zero attached hydrogens (tertiary/aromatic N) is 1. The second-order valence-corrected chi connectivity index (χ2v) is 7.21. The zero-order valence-corrected chi connectivity index (χ0v) is 14.0. The molecule has 0 N–H and O–H groups in total. The van der Waals surface area contributed by atoms with E-state index in [0.717, 1.165) is 11.6 Å². The highest BCUT2D eigenvalue weighted by Crippen LogP contribution is 2.40. The van der Waals surface area contributed by atoms with E-state index in [-0.39, 0.29) is 0 Å². The normalized spacial score (nSPS) is 18.8. The van der Waals surface area contributed by atoms with Crippen LogP contribution < -0.4 is 0 Å². The molecule has 2 unspecified atom stereocenters. The van der Waals surface area contributed by atoms with Crippen molar-refractivity contribution in [2.24, 2.45) is 0 Å². The number of likely N-dealkylation sites (N-methyl/N-ethyl adjacent to an activating group) is 1. The Balaban J connectivity index is 1.69. The van der Waals surface area contributed by atoms with Crippen LogP contribution in [0.4, 0.5) is 0 Å². The maximum absolute atomic E-state index is 5.97. The molecule has 110 valence electrons. The third-order valence-electron chi connectivity index (χ3n) is 4.32. The van der Waals surface area contributed by atoms with Crippen LogP contribution in [0.5, 0.6) is 0 Å². The van der Waals surface area contributed by atoms with Crippen LogP contribution in [-0.4, -0.2) is 24.2 Å². The number of hydrogen-bond donors (Lipinski definition) is 0. The summed E-state index contributed by atoms with van der Waals surface area (Å²) in [7, 11) is 2.21. The molecule has 0 amide bonds. The van der Waals surface area contributed by atoms with E-state index in [9.17, 15) is 0 Å². The van der Waals surface area contributed by atoms with Gasteiger partial charge in [0.1, 0.15) is 0 Å². The van der Waals surface area contributed by atoms with Crippen LogP contribution in [0.1, 0.15) is 30.0 Å². The first-order valence-corrected chi connectivity index (χ1v) is 8.69. The van der Waals surface area contributed by atoms with E-state index in [2.05, 4.69) is 55.3 Å². The molecule has 2 atom stereocenters. The summed E-state index contributed by atoms with van der Waals surface area (Å²) in [5.74, 6) is 1.82. The topological polar surface area (TPSA) is 3.24 Å². The Kier molecular flexibility index (Phi) is 4.58. The zero-order chi connectivity index (χ0) is 14.8. The molecular weight excluding hydrogens is 298 g/mol. The summed E-state index contributed by atoms with van der Waals surface area (Å²) in [6, 6.07) is 17.4. The van der Waals surface area contributed by atoms with E-state index < -0.39 is 0 Å². The average molecular weight is 318 g/mol. The van der Waals surface area contributed by atoms with Gasteiger partial charge in [-0.05, 0) is 43.3 Å². The van der Waals surface area contributed by atoms with Crippen molar-refractivity contribution in [1.29, 1.82) is 0 Å². The predicted molar refractivity (Wildman–Crippen MR) is 92.4 cm³/mol. The minimum atomic E-state index is 0.403. The van der Waals surface area contributed by atoms with E-state index in [1.807, 2.05) is 23.9 Å². The number of thioether (sulfide) groups is 1. The van der Waals surface area contributed by atoms with Gasteiger partial charge in [0, 0.05) is 34.2 Å². The highest BCUT2D eigenvalue weighted by Gasteiger charge is 2.25. The molecule has 3 rings (SSSR count). The molecule has 0 saturated carbocycles. The Morgan fingerprint density at radius 1 is 1.19 bits per heavy atom. The van der Waals surface area contributed by atoms with Gasteiger partial charge in [-0.3, -0.25) is 4.90 Å². The van der Waals surface area contributed by atoms with Gasteiger partial charge in [-0.1, -0.05) is 41.9 Å². The molecule has 0 bridgehead atoms. The molecule has 3 heteroatoms. The number of halogens is 1. The first-order chi connectivity index (χ1) is 10.1. The van der Waals surface area contributed by atoms with Crippen molar-refractivity contribution in [3.05, 3.63) is 64.7 Å². The maximum atomic E-state index is 5.97. The zero-order valence-electron chi connectivity index (χ0n) is 12.4. The fourth-order valence-corrected chi connectivity index (χ4v) is 4.25. The molecule has 0 saturated heterocycles. The molecule has 21 heavy (non-hydrogen) atoms. The Labute approximate surface area is 136 Å². The maximum Gasteiger partial charge on any atom is 0.0406 e. The van der Waals surface area contributed by atoms with Gasteiger partial charge in [0.05, 0.1) is 0 Å². The Morgan fingerprint density at radius 3 is 2.67 bits per heavy atom. The van der Waals surface area contributed by atoms with Gasteiger partial charge >= 0.3 is 0 Å². The lowest BCUT2D eigenvalue weighted by molar-refractivity contribution is 0.250. The molecule has 0 aromatic heterocycles. The predicted octanol–water partition coefficient (Wildman–Crippen LogP) is 5.22. The molecule has 1 heterocycles. The molecule has 2 aromatic carbocycles. The lowest BCUT2D eigenvalue weighted by Gasteiger charge is -2.28. The van der Waals surface area contributed by atoms with Crippen LogP contribution in [0.25, 0.3) is 0 Å². The minimum Gasteiger partial charge on any atom is -0.299 e. The Bertz CT molecular complexity index is 611. The largest absolute Gasteiger partial charge is 0.299 e. The van der Waals surface area contributed by atoms with Crippen molar-refractivity contribution >= 4 is 23.4 Å². The standard InChI is InChI=1S/C18H20ClNS/c1-13(14-7-9-16(19)10-8-14)20(2)11-15-12-21-18-6-4-3-5-17(15)18/h3-10,13,15H,11-12H2,1-2H3. The van der Waals surface area contributed by atoms with E-state index in [1.54, 1.807) is 0 Å². The van der Waals surface area contributed by atoms with Crippen LogP contribution >= 0.6 is 23.4 Å². The molecule has 1 nitrogen and oxygen atoms in total. The third-order valence-corrected chi connectivity index (χ3v) is 5.82. The minimum absolute atomic E-state index is 0.403. The Hall–Kier alpha value is -0.960. The summed E-state index contributed by atoms with van der Waals surface area (Å²) in [6.45, 7) is 3.35. The Morgan fingerprint density at radius 2 is 1.90 bits per heavy atom. The summed E-state index contributed by atoms with van der Waals surface area (Å²) < 4.78 is 0. The van der Waals surface area contributed by atoms with Crippen molar-refractivity contribution in [2.75, 3.05) is 19.3 Å². The monoisotopic (exact) mass is 317 g/mol. The third kappa shape index (κ3) is 3.28. The summed E-state index contributed by atoms with van der Waals surface area (Å²) >= 11 is 7.96. The van der Waals surface area contributed by atoms with Crippen LogP contribution in [0.3, 0.4) is 0 Å². The quantitative estimate of drug-likeness (QED) is 0.760. The van der Waals surface area contributed by atoms with Crippen molar-refractivity contribution in [3.63, 3.8) is 0 Å². The number of fused-ring (bicyclic) bond motifs is 1. The molecule has 0 aliphatic carbocycles. The first kappa shape index (κ1) is 15.0. The van der Waals surface area contributed by atoms with Crippen LogP contribution in [0.2, 0.25) is 5.02 Å². The van der Waals surface area contributed by atoms with Gasteiger partial charge in [-0.25, -0.2) is 0 Å². The van der Waals surface area contributed by atoms with Crippen molar-refractivity contribution < 1.29 is 0 Å². The number of benzene rings is 2. The van der Waals surface area contributed by atoms with E-state index in [4.69, 9.17) is 11.6 Å². The molecule has 0 fully saturated rings. The van der Waals surface area contributed by atoms with E-state index >= 15 is 0 Å². The second kappa shape index (κ2) is 6.43.